The molecule has 21 heavy (non-hydrogen) atoms. The van der Waals surface area contributed by atoms with Crippen molar-refractivity contribution in [3.8, 4) is 0 Å². The van der Waals surface area contributed by atoms with Crippen LogP contribution < -0.4 is 10.6 Å². The van der Waals surface area contributed by atoms with Crippen LogP contribution in [0.1, 0.15) is 32.6 Å². The van der Waals surface area contributed by atoms with Crippen LogP contribution in [0.4, 0.5) is 10.5 Å². The van der Waals surface area contributed by atoms with E-state index in [1.54, 1.807) is 18.2 Å². The van der Waals surface area contributed by atoms with Gasteiger partial charge in [-0.2, -0.15) is 0 Å². The van der Waals surface area contributed by atoms with Gasteiger partial charge in [-0.3, -0.25) is 0 Å². The topological polar surface area (TPSA) is 41.1 Å². The first-order valence-corrected chi connectivity index (χ1v) is 8.31. The number of carbonyl (C=O) groups excluding carboxylic acids is 1. The van der Waals surface area contributed by atoms with E-state index in [1.807, 2.05) is 0 Å². The van der Waals surface area contributed by atoms with Gasteiger partial charge in [0.1, 0.15) is 0 Å². The van der Waals surface area contributed by atoms with E-state index in [1.165, 1.54) is 25.7 Å². The average molecular weight is 327 g/mol. The maximum Gasteiger partial charge on any atom is 0.319 e. The zero-order chi connectivity index (χ0) is 15.0. The van der Waals surface area contributed by atoms with E-state index in [0.29, 0.717) is 21.7 Å². The van der Waals surface area contributed by atoms with E-state index < -0.39 is 0 Å². The molecule has 114 valence electrons. The summed E-state index contributed by atoms with van der Waals surface area (Å²) in [5, 5.41) is 6.80. The summed E-state index contributed by atoms with van der Waals surface area (Å²) in [5.74, 6) is 2.32. The summed E-state index contributed by atoms with van der Waals surface area (Å²) in [6.07, 6.45) is 5.32. The molecule has 0 unspecified atom stereocenters. The molecule has 2 aliphatic carbocycles. The lowest BCUT2D eigenvalue weighted by Gasteiger charge is -2.28. The van der Waals surface area contributed by atoms with Gasteiger partial charge in [0, 0.05) is 11.7 Å². The van der Waals surface area contributed by atoms with Gasteiger partial charge < -0.3 is 10.6 Å². The van der Waals surface area contributed by atoms with Crippen molar-refractivity contribution in [3.63, 3.8) is 0 Å². The number of benzene rings is 1. The second-order valence-electron chi connectivity index (χ2n) is 6.35. The lowest BCUT2D eigenvalue weighted by molar-refractivity contribution is 0.230. The summed E-state index contributed by atoms with van der Waals surface area (Å²) < 4.78 is 0. The van der Waals surface area contributed by atoms with Crippen molar-refractivity contribution in [1.82, 2.24) is 5.32 Å². The van der Waals surface area contributed by atoms with Crippen LogP contribution in [-0.4, -0.2) is 12.1 Å². The fraction of sp³-hybridized carbons (Fsp3) is 0.562. The number of hydrogen-bond donors (Lipinski definition) is 2. The number of hydrogen-bond acceptors (Lipinski definition) is 1. The standard InChI is InChI=1S/C16H20Cl2N2O/c1-9(13-7-10-2-3-11(13)6-10)19-16(21)20-12-4-5-14(17)15(18)8-12/h4-5,8-11,13H,2-3,6-7H2,1H3,(H2,19,20,21)/t9-,10-,11-,13-/m0/s1. The second kappa shape index (κ2) is 6.05. The van der Waals surface area contributed by atoms with E-state index in [-0.39, 0.29) is 12.1 Å². The molecule has 2 fully saturated rings. The normalized spacial score (nSPS) is 28.4. The largest absolute Gasteiger partial charge is 0.335 e. The Kier molecular flexibility index (Phi) is 4.32. The van der Waals surface area contributed by atoms with Crippen molar-refractivity contribution >= 4 is 34.9 Å². The Morgan fingerprint density at radius 2 is 2.05 bits per heavy atom. The monoisotopic (exact) mass is 326 g/mol. The molecule has 1 aromatic carbocycles. The minimum Gasteiger partial charge on any atom is -0.335 e. The van der Waals surface area contributed by atoms with Crippen LogP contribution >= 0.6 is 23.2 Å². The molecule has 4 atom stereocenters. The van der Waals surface area contributed by atoms with Crippen LogP contribution in [0.25, 0.3) is 0 Å². The van der Waals surface area contributed by atoms with E-state index in [0.717, 1.165) is 11.8 Å². The molecule has 2 bridgehead atoms. The number of amides is 2. The highest BCUT2D eigenvalue weighted by atomic mass is 35.5. The molecular formula is C16H20Cl2N2O. The van der Waals surface area contributed by atoms with E-state index in [9.17, 15) is 4.79 Å². The van der Waals surface area contributed by atoms with Crippen LogP contribution in [0.3, 0.4) is 0 Å². The maximum absolute atomic E-state index is 12.1. The third-order valence-electron chi connectivity index (χ3n) is 4.97. The fourth-order valence-corrected chi connectivity index (χ4v) is 4.26. The number of carbonyl (C=O) groups is 1. The molecular weight excluding hydrogens is 307 g/mol. The highest BCUT2D eigenvalue weighted by Crippen LogP contribution is 2.49. The first kappa shape index (κ1) is 15.0. The van der Waals surface area contributed by atoms with Gasteiger partial charge in [0.2, 0.25) is 0 Å². The molecule has 0 aromatic heterocycles. The Bertz CT molecular complexity index is 549. The van der Waals surface area contributed by atoms with Gasteiger partial charge in [0.25, 0.3) is 0 Å². The molecule has 0 radical (unpaired) electrons. The van der Waals surface area contributed by atoms with Gasteiger partial charge in [0.15, 0.2) is 0 Å². The molecule has 3 nitrogen and oxygen atoms in total. The Balaban J connectivity index is 1.55. The van der Waals surface area contributed by atoms with Crippen molar-refractivity contribution in [2.24, 2.45) is 17.8 Å². The minimum atomic E-state index is -0.177. The average Bonchev–Trinajstić information content (AvgIpc) is 3.05. The van der Waals surface area contributed by atoms with Gasteiger partial charge in [0.05, 0.1) is 10.0 Å². The molecule has 5 heteroatoms. The summed E-state index contributed by atoms with van der Waals surface area (Å²) in [7, 11) is 0. The molecule has 0 saturated heterocycles. The summed E-state index contributed by atoms with van der Waals surface area (Å²) >= 11 is 11.8. The molecule has 0 spiro atoms. The fourth-order valence-electron chi connectivity index (χ4n) is 3.96. The van der Waals surface area contributed by atoms with Gasteiger partial charge >= 0.3 is 6.03 Å². The van der Waals surface area contributed by atoms with E-state index in [4.69, 9.17) is 23.2 Å². The minimum absolute atomic E-state index is 0.177. The first-order valence-electron chi connectivity index (χ1n) is 7.55. The van der Waals surface area contributed by atoms with Crippen molar-refractivity contribution in [3.05, 3.63) is 28.2 Å². The van der Waals surface area contributed by atoms with E-state index in [2.05, 4.69) is 17.6 Å². The number of nitrogens with one attached hydrogen (secondary N) is 2. The van der Waals surface area contributed by atoms with Gasteiger partial charge in [-0.25, -0.2) is 4.79 Å². The molecule has 2 aliphatic rings. The third kappa shape index (κ3) is 3.29. The summed E-state index contributed by atoms with van der Waals surface area (Å²) in [6, 6.07) is 5.12. The number of urea groups is 1. The van der Waals surface area contributed by atoms with Crippen molar-refractivity contribution < 1.29 is 4.79 Å². The van der Waals surface area contributed by atoms with Crippen LogP contribution in [0, 0.1) is 17.8 Å². The second-order valence-corrected chi connectivity index (χ2v) is 7.17. The summed E-state index contributed by atoms with van der Waals surface area (Å²) in [4.78, 5) is 12.1. The molecule has 2 amide bonds. The highest BCUT2D eigenvalue weighted by Gasteiger charge is 2.42. The van der Waals surface area contributed by atoms with Crippen molar-refractivity contribution in [2.45, 2.75) is 38.6 Å². The van der Waals surface area contributed by atoms with Crippen LogP contribution in [0.2, 0.25) is 10.0 Å². The van der Waals surface area contributed by atoms with Crippen LogP contribution in [0.15, 0.2) is 18.2 Å². The third-order valence-corrected chi connectivity index (χ3v) is 5.71. The maximum atomic E-state index is 12.1. The Labute approximate surface area is 135 Å². The number of halogens is 2. The van der Waals surface area contributed by atoms with Crippen molar-refractivity contribution in [1.29, 1.82) is 0 Å². The first-order chi connectivity index (χ1) is 10.0. The predicted octanol–water partition coefficient (Wildman–Crippen LogP) is 4.94. The van der Waals surface area contributed by atoms with Gasteiger partial charge in [-0.1, -0.05) is 29.6 Å². The van der Waals surface area contributed by atoms with Crippen molar-refractivity contribution in [2.75, 3.05) is 5.32 Å². The predicted molar refractivity (Wildman–Crippen MR) is 87.0 cm³/mol. The van der Waals surface area contributed by atoms with Crippen LogP contribution in [-0.2, 0) is 0 Å². The quantitative estimate of drug-likeness (QED) is 0.811. The van der Waals surface area contributed by atoms with Crippen LogP contribution in [0.5, 0.6) is 0 Å². The SMILES string of the molecule is C[C@H](NC(=O)Nc1ccc(Cl)c(Cl)c1)[C@@H]1C[C@H]2CC[C@H]1C2. The highest BCUT2D eigenvalue weighted by molar-refractivity contribution is 6.42. The zero-order valence-corrected chi connectivity index (χ0v) is 13.5. The van der Waals surface area contributed by atoms with E-state index >= 15 is 0 Å². The molecule has 1 aromatic rings. The lowest BCUT2D eigenvalue weighted by atomic mass is 9.84. The Hall–Kier alpha value is -0.930. The Morgan fingerprint density at radius 1 is 1.24 bits per heavy atom. The summed E-state index contributed by atoms with van der Waals surface area (Å²) in [6.45, 7) is 2.11. The number of anilines is 1. The van der Waals surface area contributed by atoms with Gasteiger partial charge in [-0.05, 0) is 62.1 Å². The van der Waals surface area contributed by atoms with Gasteiger partial charge in [-0.15, -0.1) is 0 Å². The molecule has 0 heterocycles. The Morgan fingerprint density at radius 3 is 2.67 bits per heavy atom. The molecule has 0 aliphatic heterocycles. The summed E-state index contributed by atoms with van der Waals surface area (Å²) in [5.41, 5.74) is 0.655. The zero-order valence-electron chi connectivity index (χ0n) is 12.0. The number of rotatable bonds is 3. The molecule has 3 rings (SSSR count). The lowest BCUT2D eigenvalue weighted by Crippen LogP contribution is -2.42. The molecule has 2 saturated carbocycles. The smallest absolute Gasteiger partial charge is 0.319 e. The molecule has 2 N–H and O–H groups in total. The number of fused-ring (bicyclic) bond motifs is 2.